The van der Waals surface area contributed by atoms with Crippen LogP contribution in [0, 0.1) is 5.92 Å². The van der Waals surface area contributed by atoms with E-state index in [9.17, 15) is 9.59 Å². The molecule has 5 nitrogen and oxygen atoms in total. The van der Waals surface area contributed by atoms with E-state index >= 15 is 0 Å². The summed E-state index contributed by atoms with van der Waals surface area (Å²) in [6.45, 7) is 2.26. The van der Waals surface area contributed by atoms with Gasteiger partial charge in [-0.3, -0.25) is 4.79 Å². The van der Waals surface area contributed by atoms with Crippen LogP contribution in [0.1, 0.15) is 30.1 Å². The molecule has 0 aliphatic carbocycles. The molecule has 1 atom stereocenters. The Labute approximate surface area is 120 Å². The molecule has 0 fully saturated rings. The lowest BCUT2D eigenvalue weighted by Crippen LogP contribution is -2.29. The number of aromatic carboxylic acids is 1. The van der Waals surface area contributed by atoms with E-state index in [4.69, 9.17) is 10.8 Å². The molecule has 0 radical (unpaired) electrons. The van der Waals surface area contributed by atoms with Gasteiger partial charge in [-0.05, 0) is 40.5 Å². The molecule has 1 rings (SSSR count). The molecular formula is C13H17BrN2O3. The van der Waals surface area contributed by atoms with E-state index in [1.54, 1.807) is 12.1 Å². The van der Waals surface area contributed by atoms with Crippen LogP contribution in [0.4, 0.5) is 5.69 Å². The van der Waals surface area contributed by atoms with Gasteiger partial charge in [0.05, 0.1) is 11.5 Å². The molecule has 0 heterocycles. The highest BCUT2D eigenvalue weighted by Gasteiger charge is 2.17. The molecule has 0 aromatic heterocycles. The number of amides is 1. The molecule has 0 aliphatic rings. The van der Waals surface area contributed by atoms with Crippen molar-refractivity contribution in [1.29, 1.82) is 0 Å². The summed E-state index contributed by atoms with van der Waals surface area (Å²) in [4.78, 5) is 22.9. The predicted octanol–water partition coefficient (Wildman–Crippen LogP) is 2.46. The molecule has 6 heteroatoms. The molecule has 0 bridgehead atoms. The van der Waals surface area contributed by atoms with Gasteiger partial charge in [0.1, 0.15) is 0 Å². The number of nitrogens with two attached hydrogens (primary N) is 1. The van der Waals surface area contributed by atoms with E-state index in [0.29, 0.717) is 16.6 Å². The standard InChI is InChI=1S/C13H17BrN2O3/c1-2-3-8(7-15)12(17)16-9-4-5-11(14)10(6-9)13(18)19/h4-6,8H,2-3,7,15H2,1H3,(H,16,17)(H,18,19). The number of benzene rings is 1. The molecule has 0 saturated carbocycles. The second-order valence-electron chi connectivity index (χ2n) is 4.21. The maximum atomic E-state index is 11.9. The summed E-state index contributed by atoms with van der Waals surface area (Å²) in [6, 6.07) is 4.66. The smallest absolute Gasteiger partial charge is 0.336 e. The number of nitrogens with one attached hydrogen (secondary N) is 1. The Balaban J connectivity index is 2.85. The number of carboxylic acid groups (broad SMARTS) is 1. The molecule has 1 amide bonds. The average Bonchev–Trinajstić information content (AvgIpc) is 2.37. The van der Waals surface area contributed by atoms with Crippen LogP contribution in [-0.4, -0.2) is 23.5 Å². The van der Waals surface area contributed by atoms with Gasteiger partial charge in [0, 0.05) is 16.7 Å². The number of hydrogen-bond acceptors (Lipinski definition) is 3. The number of hydrogen-bond donors (Lipinski definition) is 3. The largest absolute Gasteiger partial charge is 0.478 e. The van der Waals surface area contributed by atoms with Gasteiger partial charge < -0.3 is 16.2 Å². The number of carboxylic acids is 1. The van der Waals surface area contributed by atoms with Crippen molar-refractivity contribution in [2.75, 3.05) is 11.9 Å². The third-order valence-electron chi connectivity index (χ3n) is 2.76. The minimum atomic E-state index is -1.05. The first kappa shape index (κ1) is 15.7. The molecule has 19 heavy (non-hydrogen) atoms. The zero-order valence-electron chi connectivity index (χ0n) is 10.6. The van der Waals surface area contributed by atoms with Crippen molar-refractivity contribution in [1.82, 2.24) is 0 Å². The Morgan fingerprint density at radius 3 is 2.68 bits per heavy atom. The van der Waals surface area contributed by atoms with E-state index < -0.39 is 5.97 Å². The maximum absolute atomic E-state index is 11.9. The third kappa shape index (κ3) is 4.33. The van der Waals surface area contributed by atoms with Gasteiger partial charge in [-0.25, -0.2) is 4.79 Å². The fourth-order valence-corrected chi connectivity index (χ4v) is 2.13. The number of rotatable bonds is 6. The van der Waals surface area contributed by atoms with Gasteiger partial charge in [0.2, 0.25) is 5.91 Å². The molecule has 0 saturated heterocycles. The van der Waals surface area contributed by atoms with Crippen molar-refractivity contribution in [3.05, 3.63) is 28.2 Å². The summed E-state index contributed by atoms with van der Waals surface area (Å²) >= 11 is 3.15. The van der Waals surface area contributed by atoms with E-state index in [2.05, 4.69) is 21.2 Å². The van der Waals surface area contributed by atoms with Crippen molar-refractivity contribution in [3.8, 4) is 0 Å². The van der Waals surface area contributed by atoms with Crippen LogP contribution in [0.3, 0.4) is 0 Å². The van der Waals surface area contributed by atoms with Crippen molar-refractivity contribution in [3.63, 3.8) is 0 Å². The van der Waals surface area contributed by atoms with Crippen molar-refractivity contribution >= 4 is 33.5 Å². The summed E-state index contributed by atoms with van der Waals surface area (Å²) in [5.41, 5.74) is 6.12. The summed E-state index contributed by atoms with van der Waals surface area (Å²) in [6.07, 6.45) is 1.58. The second kappa shape index (κ2) is 7.25. The van der Waals surface area contributed by atoms with Gasteiger partial charge in [-0.15, -0.1) is 0 Å². The van der Waals surface area contributed by atoms with Crippen LogP contribution in [-0.2, 0) is 4.79 Å². The van der Waals surface area contributed by atoms with Gasteiger partial charge in [-0.2, -0.15) is 0 Å². The summed E-state index contributed by atoms with van der Waals surface area (Å²) in [7, 11) is 0. The Bertz CT molecular complexity index is 477. The third-order valence-corrected chi connectivity index (χ3v) is 3.45. The summed E-state index contributed by atoms with van der Waals surface area (Å²) in [5.74, 6) is -1.48. The zero-order chi connectivity index (χ0) is 14.4. The Kier molecular flexibility index (Phi) is 5.98. The first-order valence-corrected chi connectivity index (χ1v) is 6.82. The number of carbonyl (C=O) groups is 2. The highest BCUT2D eigenvalue weighted by atomic mass is 79.9. The van der Waals surface area contributed by atoms with Gasteiger partial charge in [0.25, 0.3) is 0 Å². The SMILES string of the molecule is CCCC(CN)C(=O)Nc1ccc(Br)c(C(=O)O)c1. The fourth-order valence-electron chi connectivity index (χ4n) is 1.72. The molecule has 0 aliphatic heterocycles. The molecule has 4 N–H and O–H groups in total. The van der Waals surface area contributed by atoms with E-state index in [1.165, 1.54) is 6.07 Å². The molecule has 1 aromatic rings. The quantitative estimate of drug-likeness (QED) is 0.747. The topological polar surface area (TPSA) is 92.4 Å². The molecular weight excluding hydrogens is 312 g/mol. The van der Waals surface area contributed by atoms with E-state index in [-0.39, 0.29) is 23.9 Å². The van der Waals surface area contributed by atoms with E-state index in [1.807, 2.05) is 6.92 Å². The van der Waals surface area contributed by atoms with Crippen LogP contribution >= 0.6 is 15.9 Å². The Hall–Kier alpha value is -1.40. The minimum absolute atomic E-state index is 0.109. The maximum Gasteiger partial charge on any atom is 0.336 e. The normalized spacial score (nSPS) is 11.9. The van der Waals surface area contributed by atoms with Crippen LogP contribution < -0.4 is 11.1 Å². The number of anilines is 1. The fraction of sp³-hybridized carbons (Fsp3) is 0.385. The monoisotopic (exact) mass is 328 g/mol. The Morgan fingerprint density at radius 1 is 1.47 bits per heavy atom. The molecule has 1 unspecified atom stereocenters. The highest BCUT2D eigenvalue weighted by molar-refractivity contribution is 9.10. The first-order chi connectivity index (χ1) is 8.99. The van der Waals surface area contributed by atoms with Crippen molar-refractivity contribution in [2.45, 2.75) is 19.8 Å². The van der Waals surface area contributed by atoms with Crippen molar-refractivity contribution < 1.29 is 14.7 Å². The lowest BCUT2D eigenvalue weighted by Gasteiger charge is -2.14. The van der Waals surface area contributed by atoms with Gasteiger partial charge >= 0.3 is 5.97 Å². The zero-order valence-corrected chi connectivity index (χ0v) is 12.2. The van der Waals surface area contributed by atoms with Crippen molar-refractivity contribution in [2.24, 2.45) is 11.7 Å². The predicted molar refractivity (Wildman–Crippen MR) is 77.2 cm³/mol. The van der Waals surface area contributed by atoms with Gasteiger partial charge in [-0.1, -0.05) is 13.3 Å². The number of halogens is 1. The molecule has 1 aromatic carbocycles. The van der Waals surface area contributed by atoms with E-state index in [0.717, 1.165) is 6.42 Å². The lowest BCUT2D eigenvalue weighted by atomic mass is 10.0. The summed E-state index contributed by atoms with van der Waals surface area (Å²) < 4.78 is 0.474. The lowest BCUT2D eigenvalue weighted by molar-refractivity contribution is -0.119. The van der Waals surface area contributed by atoms with Crippen LogP contribution in [0.2, 0.25) is 0 Å². The Morgan fingerprint density at radius 2 is 2.16 bits per heavy atom. The van der Waals surface area contributed by atoms with Crippen LogP contribution in [0.5, 0.6) is 0 Å². The van der Waals surface area contributed by atoms with Gasteiger partial charge in [0.15, 0.2) is 0 Å². The van der Waals surface area contributed by atoms with Crippen LogP contribution in [0.25, 0.3) is 0 Å². The highest BCUT2D eigenvalue weighted by Crippen LogP contribution is 2.21. The second-order valence-corrected chi connectivity index (χ2v) is 5.06. The minimum Gasteiger partial charge on any atom is -0.478 e. The first-order valence-electron chi connectivity index (χ1n) is 6.03. The average molecular weight is 329 g/mol. The number of carbonyl (C=O) groups excluding carboxylic acids is 1. The molecule has 0 spiro atoms. The van der Waals surface area contributed by atoms with Crippen LogP contribution in [0.15, 0.2) is 22.7 Å². The molecule has 104 valence electrons. The summed E-state index contributed by atoms with van der Waals surface area (Å²) in [5, 5.41) is 11.7.